The van der Waals surface area contributed by atoms with Gasteiger partial charge in [0.05, 0.1) is 6.33 Å². The predicted octanol–water partition coefficient (Wildman–Crippen LogP) is 0.312. The van der Waals surface area contributed by atoms with E-state index in [0.29, 0.717) is 5.69 Å². The largest absolute Gasteiger partial charge is 0.348 e. The van der Waals surface area contributed by atoms with Crippen LogP contribution >= 0.6 is 0 Å². The lowest BCUT2D eigenvalue weighted by Crippen LogP contribution is -2.16. The second kappa shape index (κ2) is 4.65. The van der Waals surface area contributed by atoms with Crippen molar-refractivity contribution >= 4 is 23.5 Å². The minimum Gasteiger partial charge on any atom is -0.348 e. The van der Waals surface area contributed by atoms with Crippen LogP contribution in [0.5, 0.6) is 0 Å². The van der Waals surface area contributed by atoms with Gasteiger partial charge in [0, 0.05) is 12.6 Å². The monoisotopic (exact) mass is 250 g/mol. The van der Waals surface area contributed by atoms with Crippen molar-refractivity contribution in [3.05, 3.63) is 17.7 Å². The van der Waals surface area contributed by atoms with Gasteiger partial charge in [-0.3, -0.25) is 14.9 Å². The lowest BCUT2D eigenvalue weighted by Gasteiger charge is -2.01. The number of rotatable bonds is 3. The van der Waals surface area contributed by atoms with Crippen LogP contribution in [0.2, 0.25) is 0 Å². The molecule has 2 aromatic rings. The minimum absolute atomic E-state index is 0.0256. The van der Waals surface area contributed by atoms with Gasteiger partial charge in [0.2, 0.25) is 17.5 Å². The zero-order valence-corrected chi connectivity index (χ0v) is 9.64. The molecule has 94 valence electrons. The van der Waals surface area contributed by atoms with Crippen LogP contribution in [0.1, 0.15) is 23.1 Å². The summed E-state index contributed by atoms with van der Waals surface area (Å²) in [5.74, 6) is -0.755. The molecule has 0 saturated carbocycles. The zero-order valence-electron chi connectivity index (χ0n) is 9.64. The summed E-state index contributed by atoms with van der Waals surface area (Å²) in [5, 5.41) is 11.7. The van der Waals surface area contributed by atoms with Crippen LogP contribution in [-0.4, -0.2) is 32.1 Å². The third kappa shape index (κ3) is 2.34. The Morgan fingerprint density at radius 3 is 2.50 bits per heavy atom. The molecule has 0 radical (unpaired) electrons. The molecular weight excluding hydrogens is 240 g/mol. The number of amides is 2. The highest BCUT2D eigenvalue weighted by molar-refractivity contribution is 6.05. The quantitative estimate of drug-likeness (QED) is 0.719. The lowest BCUT2D eigenvalue weighted by molar-refractivity contribution is -0.114. The Morgan fingerprint density at radius 2 is 1.94 bits per heavy atom. The van der Waals surface area contributed by atoms with Crippen molar-refractivity contribution in [3.8, 4) is 0 Å². The molecule has 0 fully saturated rings. The van der Waals surface area contributed by atoms with E-state index in [0.717, 1.165) is 0 Å². The van der Waals surface area contributed by atoms with Crippen molar-refractivity contribution in [2.24, 2.45) is 0 Å². The Hall–Kier alpha value is -2.71. The number of nitrogens with one attached hydrogen (secondary N) is 3. The number of aryl methyl sites for hydroxylation is 1. The Bertz CT molecular complexity index is 587. The summed E-state index contributed by atoms with van der Waals surface area (Å²) in [6.07, 6.45) is 1.40. The molecule has 9 heteroatoms. The van der Waals surface area contributed by atoms with E-state index in [2.05, 4.69) is 35.5 Å². The van der Waals surface area contributed by atoms with Crippen LogP contribution in [0.4, 0.5) is 11.6 Å². The zero-order chi connectivity index (χ0) is 13.1. The van der Waals surface area contributed by atoms with E-state index in [1.165, 1.54) is 13.3 Å². The molecule has 9 nitrogen and oxygen atoms in total. The van der Waals surface area contributed by atoms with Crippen molar-refractivity contribution in [1.29, 1.82) is 0 Å². The first-order valence-corrected chi connectivity index (χ1v) is 4.99. The molecule has 3 N–H and O–H groups in total. The van der Waals surface area contributed by atoms with Crippen LogP contribution in [0.3, 0.4) is 0 Å². The maximum Gasteiger partial charge on any atom is 0.277 e. The first kappa shape index (κ1) is 11.8. The topological polar surface area (TPSA) is 126 Å². The van der Waals surface area contributed by atoms with Gasteiger partial charge < -0.3 is 10.3 Å². The normalized spacial score (nSPS) is 10.1. The summed E-state index contributed by atoms with van der Waals surface area (Å²) in [5.41, 5.74) is 0.844. The van der Waals surface area contributed by atoms with E-state index in [9.17, 15) is 9.59 Å². The standard InChI is InChI=1S/C9H10N6O3/c1-4-6(11-3-10-4)9(17)13-8-7(12-5(2)16)14-18-15-8/h3H,1-2H3,(H,10,11)(H,12,14,16)(H,13,15,17). The highest BCUT2D eigenvalue weighted by Gasteiger charge is 2.17. The van der Waals surface area contributed by atoms with E-state index < -0.39 is 5.91 Å². The number of anilines is 2. The number of aromatic nitrogens is 4. The summed E-state index contributed by atoms with van der Waals surface area (Å²) in [7, 11) is 0. The highest BCUT2D eigenvalue weighted by atomic mass is 16.6. The maximum absolute atomic E-state index is 11.8. The van der Waals surface area contributed by atoms with Crippen molar-refractivity contribution < 1.29 is 14.2 Å². The molecule has 0 saturated heterocycles. The molecule has 2 rings (SSSR count). The van der Waals surface area contributed by atoms with Gasteiger partial charge in [0.25, 0.3) is 5.91 Å². The summed E-state index contributed by atoms with van der Waals surface area (Å²) in [4.78, 5) is 29.3. The van der Waals surface area contributed by atoms with E-state index >= 15 is 0 Å². The molecule has 2 aromatic heterocycles. The molecular formula is C9H10N6O3. The Labute approximate surface area is 101 Å². The second-order valence-electron chi connectivity index (χ2n) is 3.47. The van der Waals surface area contributed by atoms with Crippen LogP contribution in [0.25, 0.3) is 0 Å². The molecule has 0 spiro atoms. The lowest BCUT2D eigenvalue weighted by atomic mass is 10.3. The molecule has 18 heavy (non-hydrogen) atoms. The average Bonchev–Trinajstić information content (AvgIpc) is 2.88. The third-order valence-corrected chi connectivity index (χ3v) is 2.06. The molecule has 0 bridgehead atoms. The second-order valence-corrected chi connectivity index (χ2v) is 3.47. The van der Waals surface area contributed by atoms with Gasteiger partial charge in [-0.2, -0.15) is 0 Å². The molecule has 2 amide bonds. The molecule has 0 aromatic carbocycles. The van der Waals surface area contributed by atoms with Crippen LogP contribution in [0, 0.1) is 6.92 Å². The van der Waals surface area contributed by atoms with E-state index in [4.69, 9.17) is 0 Å². The van der Waals surface area contributed by atoms with E-state index in [1.54, 1.807) is 6.92 Å². The SMILES string of the molecule is CC(=O)Nc1nonc1NC(=O)c1nc[nH]c1C. The van der Waals surface area contributed by atoms with E-state index in [1.807, 2.05) is 0 Å². The summed E-state index contributed by atoms with van der Waals surface area (Å²) in [6.45, 7) is 3.01. The van der Waals surface area contributed by atoms with Gasteiger partial charge in [-0.1, -0.05) is 0 Å². The number of imidazole rings is 1. The van der Waals surface area contributed by atoms with Crippen molar-refractivity contribution in [3.63, 3.8) is 0 Å². The Kier molecular flexibility index (Phi) is 3.04. The third-order valence-electron chi connectivity index (χ3n) is 2.06. The molecule has 0 atom stereocenters. The number of hydrogen-bond donors (Lipinski definition) is 3. The highest BCUT2D eigenvalue weighted by Crippen LogP contribution is 2.16. The average molecular weight is 250 g/mol. The van der Waals surface area contributed by atoms with Crippen LogP contribution in [-0.2, 0) is 4.79 Å². The first-order chi connectivity index (χ1) is 8.58. The van der Waals surface area contributed by atoms with Crippen LogP contribution in [0.15, 0.2) is 11.0 Å². The Morgan fingerprint density at radius 1 is 1.28 bits per heavy atom. The van der Waals surface area contributed by atoms with Gasteiger partial charge in [-0.15, -0.1) is 0 Å². The summed E-state index contributed by atoms with van der Waals surface area (Å²) in [6, 6.07) is 0. The first-order valence-electron chi connectivity index (χ1n) is 4.99. The van der Waals surface area contributed by atoms with Gasteiger partial charge in [0.15, 0.2) is 0 Å². The number of hydrogen-bond acceptors (Lipinski definition) is 6. The summed E-state index contributed by atoms with van der Waals surface area (Å²) >= 11 is 0. The van der Waals surface area contributed by atoms with Gasteiger partial charge in [-0.25, -0.2) is 9.61 Å². The van der Waals surface area contributed by atoms with E-state index in [-0.39, 0.29) is 23.2 Å². The molecule has 0 aliphatic carbocycles. The van der Waals surface area contributed by atoms with Crippen molar-refractivity contribution in [2.45, 2.75) is 13.8 Å². The van der Waals surface area contributed by atoms with Gasteiger partial charge in [0.1, 0.15) is 5.69 Å². The number of carbonyl (C=O) groups is 2. The number of aromatic amines is 1. The predicted molar refractivity (Wildman–Crippen MR) is 59.9 cm³/mol. The smallest absolute Gasteiger partial charge is 0.277 e. The number of H-pyrrole nitrogens is 1. The van der Waals surface area contributed by atoms with Gasteiger partial charge >= 0.3 is 0 Å². The number of nitrogens with zero attached hydrogens (tertiary/aromatic N) is 3. The number of carbonyl (C=O) groups excluding carboxylic acids is 2. The molecule has 0 aliphatic heterocycles. The molecule has 0 aliphatic rings. The van der Waals surface area contributed by atoms with Crippen molar-refractivity contribution in [1.82, 2.24) is 20.3 Å². The summed E-state index contributed by atoms with van der Waals surface area (Å²) < 4.78 is 4.44. The van der Waals surface area contributed by atoms with Crippen molar-refractivity contribution in [2.75, 3.05) is 10.6 Å². The fourth-order valence-corrected chi connectivity index (χ4v) is 1.27. The Balaban J connectivity index is 2.15. The van der Waals surface area contributed by atoms with Gasteiger partial charge in [-0.05, 0) is 17.2 Å². The fourth-order valence-electron chi connectivity index (χ4n) is 1.27. The van der Waals surface area contributed by atoms with Crippen LogP contribution < -0.4 is 10.6 Å². The molecule has 0 unspecified atom stereocenters. The fraction of sp³-hybridized carbons (Fsp3) is 0.222. The maximum atomic E-state index is 11.8. The minimum atomic E-state index is -0.476. The molecule has 2 heterocycles.